The average molecular weight is 505 g/mol. The second kappa shape index (κ2) is 11.3. The molecule has 5 rings (SSSR count). The summed E-state index contributed by atoms with van der Waals surface area (Å²) in [6, 6.07) is 33.8. The van der Waals surface area contributed by atoms with E-state index in [2.05, 4.69) is 48.6 Å². The quantitative estimate of drug-likeness (QED) is 0.287. The number of carbonyl (C=O) groups is 2. The zero-order chi connectivity index (χ0) is 25.6. The first-order chi connectivity index (χ1) is 18.1. The number of fused-ring (bicyclic) bond motifs is 1. The highest BCUT2D eigenvalue weighted by Gasteiger charge is 2.29. The molecule has 0 fully saturated rings. The summed E-state index contributed by atoms with van der Waals surface area (Å²) in [6.07, 6.45) is 2.69. The Morgan fingerprint density at radius 3 is 2.30 bits per heavy atom. The number of carbonyl (C=O) groups excluding carboxylic acids is 2. The summed E-state index contributed by atoms with van der Waals surface area (Å²) in [5.41, 5.74) is 5.88. The van der Waals surface area contributed by atoms with Crippen LogP contribution in [-0.4, -0.2) is 18.4 Å². The van der Waals surface area contributed by atoms with Gasteiger partial charge in [0.25, 0.3) is 11.8 Å². The van der Waals surface area contributed by atoms with E-state index in [0.717, 1.165) is 28.1 Å². The molecule has 4 aromatic rings. The van der Waals surface area contributed by atoms with Crippen molar-refractivity contribution in [2.45, 2.75) is 24.8 Å². The second-order valence-electron chi connectivity index (χ2n) is 9.07. The Morgan fingerprint density at radius 1 is 0.838 bits per heavy atom. The summed E-state index contributed by atoms with van der Waals surface area (Å²) in [5, 5.41) is 2.98. The molecular formula is C32H28N2O2S. The Hall–Kier alpha value is -4.09. The van der Waals surface area contributed by atoms with Crippen molar-refractivity contribution in [1.29, 1.82) is 0 Å². The average Bonchev–Trinajstić information content (AvgIpc) is 2.93. The highest BCUT2D eigenvalue weighted by molar-refractivity contribution is 8.04. The zero-order valence-corrected chi connectivity index (χ0v) is 21.5. The fraction of sp³-hybridized carbons (Fsp3) is 0.125. The molecule has 0 aromatic heterocycles. The van der Waals surface area contributed by atoms with Gasteiger partial charge < -0.3 is 10.2 Å². The molecule has 5 heteroatoms. The van der Waals surface area contributed by atoms with Crippen LogP contribution in [0.5, 0.6) is 0 Å². The number of amides is 2. The van der Waals surface area contributed by atoms with Crippen molar-refractivity contribution in [2.75, 3.05) is 11.4 Å². The number of hydrogen-bond donors (Lipinski definition) is 1. The van der Waals surface area contributed by atoms with Gasteiger partial charge in [-0.25, -0.2) is 0 Å². The van der Waals surface area contributed by atoms with E-state index in [0.29, 0.717) is 23.6 Å². The van der Waals surface area contributed by atoms with Crippen LogP contribution in [0.4, 0.5) is 5.69 Å². The molecule has 0 bridgehead atoms. The van der Waals surface area contributed by atoms with Crippen LogP contribution in [0.25, 0.3) is 6.08 Å². The van der Waals surface area contributed by atoms with Crippen molar-refractivity contribution in [3.8, 4) is 0 Å². The van der Waals surface area contributed by atoms with Gasteiger partial charge in [-0.05, 0) is 60.4 Å². The first kappa shape index (κ1) is 24.6. The number of nitrogens with zero attached hydrogens (tertiary/aromatic N) is 1. The maximum absolute atomic E-state index is 13.5. The summed E-state index contributed by atoms with van der Waals surface area (Å²) < 4.78 is 0. The van der Waals surface area contributed by atoms with Crippen molar-refractivity contribution >= 4 is 35.3 Å². The third kappa shape index (κ3) is 6.01. The molecule has 0 unspecified atom stereocenters. The van der Waals surface area contributed by atoms with Crippen LogP contribution < -0.4 is 10.2 Å². The van der Waals surface area contributed by atoms with E-state index in [-0.39, 0.29) is 11.8 Å². The summed E-state index contributed by atoms with van der Waals surface area (Å²) in [4.78, 5) is 29.7. The molecule has 0 atom stereocenters. The van der Waals surface area contributed by atoms with E-state index in [4.69, 9.17) is 0 Å². The van der Waals surface area contributed by atoms with E-state index in [1.54, 1.807) is 12.1 Å². The Morgan fingerprint density at radius 2 is 1.54 bits per heavy atom. The zero-order valence-electron chi connectivity index (χ0n) is 20.7. The molecule has 37 heavy (non-hydrogen) atoms. The Kier molecular flexibility index (Phi) is 7.52. The van der Waals surface area contributed by atoms with Gasteiger partial charge in [-0.15, -0.1) is 0 Å². The minimum atomic E-state index is -0.101. The second-order valence-corrected chi connectivity index (χ2v) is 10.2. The smallest absolute Gasteiger partial charge is 0.265 e. The predicted molar refractivity (Wildman–Crippen MR) is 152 cm³/mol. The van der Waals surface area contributed by atoms with Crippen LogP contribution in [0.2, 0.25) is 0 Å². The molecule has 0 aliphatic carbocycles. The number of benzene rings is 4. The Balaban J connectivity index is 1.30. The van der Waals surface area contributed by atoms with Crippen LogP contribution in [0.1, 0.15) is 32.6 Å². The van der Waals surface area contributed by atoms with Gasteiger partial charge in [-0.3, -0.25) is 9.59 Å². The SMILES string of the molecule is Cc1ccc(CN2C(=O)C(=Cc3ccc(C(=O)NCCc4ccccc4)cc3)Sc3ccccc32)cc1. The fourth-order valence-corrected chi connectivity index (χ4v) is 5.30. The Bertz CT molecular complexity index is 1430. The van der Waals surface area contributed by atoms with Gasteiger partial charge >= 0.3 is 0 Å². The minimum Gasteiger partial charge on any atom is -0.352 e. The lowest BCUT2D eigenvalue weighted by Gasteiger charge is -2.30. The van der Waals surface area contributed by atoms with Crippen molar-refractivity contribution < 1.29 is 9.59 Å². The van der Waals surface area contributed by atoms with E-state index in [1.807, 2.05) is 65.6 Å². The third-order valence-electron chi connectivity index (χ3n) is 6.31. The lowest BCUT2D eigenvalue weighted by molar-refractivity contribution is -0.114. The maximum Gasteiger partial charge on any atom is 0.265 e. The summed E-state index contributed by atoms with van der Waals surface area (Å²) in [5.74, 6) is -0.122. The van der Waals surface area contributed by atoms with Crippen LogP contribution in [-0.2, 0) is 17.8 Å². The van der Waals surface area contributed by atoms with Gasteiger partial charge in [0.05, 0.1) is 17.1 Å². The van der Waals surface area contributed by atoms with E-state index >= 15 is 0 Å². The number of rotatable bonds is 7. The summed E-state index contributed by atoms with van der Waals surface area (Å²) in [7, 11) is 0. The van der Waals surface area contributed by atoms with E-state index < -0.39 is 0 Å². The molecule has 0 saturated carbocycles. The number of para-hydroxylation sites is 1. The van der Waals surface area contributed by atoms with Crippen LogP contribution in [0, 0.1) is 6.92 Å². The topological polar surface area (TPSA) is 49.4 Å². The molecule has 4 aromatic carbocycles. The number of aryl methyl sites for hydroxylation is 1. The van der Waals surface area contributed by atoms with Crippen LogP contribution in [0.3, 0.4) is 0 Å². The molecule has 2 amide bonds. The molecule has 184 valence electrons. The summed E-state index contributed by atoms with van der Waals surface area (Å²) >= 11 is 1.49. The fourth-order valence-electron chi connectivity index (χ4n) is 4.24. The molecule has 0 radical (unpaired) electrons. The first-order valence-electron chi connectivity index (χ1n) is 12.3. The van der Waals surface area contributed by atoms with Gasteiger partial charge in [0.1, 0.15) is 0 Å². The number of hydrogen-bond acceptors (Lipinski definition) is 3. The van der Waals surface area contributed by atoms with Crippen LogP contribution in [0.15, 0.2) is 113 Å². The van der Waals surface area contributed by atoms with Crippen molar-refractivity contribution in [3.05, 3.63) is 136 Å². The van der Waals surface area contributed by atoms with Gasteiger partial charge in [-0.2, -0.15) is 0 Å². The largest absolute Gasteiger partial charge is 0.352 e. The highest BCUT2D eigenvalue weighted by Crippen LogP contribution is 2.42. The molecule has 1 heterocycles. The maximum atomic E-state index is 13.5. The monoisotopic (exact) mass is 504 g/mol. The summed E-state index contributed by atoms with van der Waals surface area (Å²) in [6.45, 7) is 3.15. The van der Waals surface area contributed by atoms with Gasteiger partial charge in [0, 0.05) is 17.0 Å². The van der Waals surface area contributed by atoms with Gasteiger partial charge in [0.15, 0.2) is 0 Å². The lowest BCUT2D eigenvalue weighted by atomic mass is 10.1. The highest BCUT2D eigenvalue weighted by atomic mass is 32.2. The lowest BCUT2D eigenvalue weighted by Crippen LogP contribution is -2.33. The Labute approximate surface area is 222 Å². The molecule has 4 nitrogen and oxygen atoms in total. The minimum absolute atomic E-state index is 0.0213. The van der Waals surface area contributed by atoms with Crippen molar-refractivity contribution in [2.24, 2.45) is 0 Å². The van der Waals surface area contributed by atoms with E-state index in [1.165, 1.54) is 22.9 Å². The standard InChI is InChI=1S/C32H28N2O2S/c1-23-11-13-26(14-12-23)22-34-28-9-5-6-10-29(28)37-30(32(34)36)21-25-15-17-27(18-16-25)31(35)33-20-19-24-7-3-2-4-8-24/h2-18,21H,19-20,22H2,1H3,(H,33,35). The molecule has 0 saturated heterocycles. The van der Waals surface area contributed by atoms with Crippen LogP contribution >= 0.6 is 11.8 Å². The predicted octanol–water partition coefficient (Wildman–Crippen LogP) is 6.65. The van der Waals surface area contributed by atoms with Crippen molar-refractivity contribution in [3.63, 3.8) is 0 Å². The molecule has 1 aliphatic heterocycles. The third-order valence-corrected chi connectivity index (χ3v) is 7.38. The van der Waals surface area contributed by atoms with Gasteiger partial charge in [0.2, 0.25) is 0 Å². The van der Waals surface area contributed by atoms with Crippen molar-refractivity contribution in [1.82, 2.24) is 5.32 Å². The molecular weight excluding hydrogens is 476 g/mol. The van der Waals surface area contributed by atoms with E-state index in [9.17, 15) is 9.59 Å². The molecule has 1 aliphatic rings. The normalized spacial score (nSPS) is 13.9. The number of nitrogens with one attached hydrogen (secondary N) is 1. The number of thioether (sulfide) groups is 1. The van der Waals surface area contributed by atoms with Gasteiger partial charge in [-0.1, -0.05) is 96.2 Å². The first-order valence-corrected chi connectivity index (χ1v) is 13.2. The molecule has 1 N–H and O–H groups in total. The number of anilines is 1. The molecule has 0 spiro atoms.